The van der Waals surface area contributed by atoms with E-state index in [9.17, 15) is 10.2 Å². The molecule has 0 aromatic rings. The molecule has 0 aromatic heterocycles. The van der Waals surface area contributed by atoms with Crippen LogP contribution in [0.5, 0.6) is 0 Å². The summed E-state index contributed by atoms with van der Waals surface area (Å²) in [7, 11) is 1.43. The van der Waals surface area contributed by atoms with Crippen molar-refractivity contribution >= 4 is 0 Å². The highest BCUT2D eigenvalue weighted by molar-refractivity contribution is 4.92. The van der Waals surface area contributed by atoms with Gasteiger partial charge in [-0.2, -0.15) is 0 Å². The standard InChI is InChI=1S/C13H24O6/c1-3-4-5-6-9-17-7-8-12(19-9)10(14)11(15)13(16-2)18-8/h8-15H,3-7H2,1-2H3/t8-,9-,10-,11-,12-,13+/m1/s1. The van der Waals surface area contributed by atoms with Crippen LogP contribution in [0.1, 0.15) is 32.6 Å². The van der Waals surface area contributed by atoms with E-state index >= 15 is 0 Å². The van der Waals surface area contributed by atoms with Crippen LogP contribution in [0.4, 0.5) is 0 Å². The van der Waals surface area contributed by atoms with Gasteiger partial charge in [0, 0.05) is 7.11 Å². The molecule has 2 aliphatic heterocycles. The highest BCUT2D eigenvalue weighted by Gasteiger charge is 2.48. The van der Waals surface area contributed by atoms with Gasteiger partial charge in [0.25, 0.3) is 0 Å². The lowest BCUT2D eigenvalue weighted by atomic mass is 9.98. The third-order valence-electron chi connectivity index (χ3n) is 3.67. The fourth-order valence-electron chi connectivity index (χ4n) is 2.53. The SMILES string of the molecule is CCCCC[C@@H]1OC[C@H]2O[C@H](OC)[C@H](O)[C@@H](O)[C@@H]2O1. The summed E-state index contributed by atoms with van der Waals surface area (Å²) in [5.74, 6) is 0. The first kappa shape index (κ1) is 15.2. The number of rotatable bonds is 5. The van der Waals surface area contributed by atoms with E-state index in [0.717, 1.165) is 25.7 Å². The number of aliphatic hydroxyl groups is 2. The number of aliphatic hydroxyl groups excluding tert-OH is 2. The summed E-state index contributed by atoms with van der Waals surface area (Å²) in [5.41, 5.74) is 0. The monoisotopic (exact) mass is 276 g/mol. The van der Waals surface area contributed by atoms with Gasteiger partial charge in [0.1, 0.15) is 24.4 Å². The molecule has 6 heteroatoms. The van der Waals surface area contributed by atoms with Gasteiger partial charge in [-0.05, 0) is 12.8 Å². The average Bonchev–Trinajstić information content (AvgIpc) is 2.43. The second kappa shape index (κ2) is 6.97. The van der Waals surface area contributed by atoms with E-state index in [1.165, 1.54) is 7.11 Å². The van der Waals surface area contributed by atoms with Gasteiger partial charge in [-0.1, -0.05) is 19.8 Å². The fraction of sp³-hybridized carbons (Fsp3) is 1.00. The molecule has 19 heavy (non-hydrogen) atoms. The van der Waals surface area contributed by atoms with Crippen LogP contribution in [-0.2, 0) is 18.9 Å². The van der Waals surface area contributed by atoms with Crippen molar-refractivity contribution in [2.75, 3.05) is 13.7 Å². The lowest BCUT2D eigenvalue weighted by Gasteiger charge is -2.45. The summed E-state index contributed by atoms with van der Waals surface area (Å²) in [6.45, 7) is 2.49. The molecule has 0 bridgehead atoms. The predicted octanol–water partition coefficient (Wildman–Crippen LogP) is 0.401. The Bertz CT molecular complexity index is 272. The first-order valence-corrected chi connectivity index (χ1v) is 6.98. The number of methoxy groups -OCH3 is 1. The summed E-state index contributed by atoms with van der Waals surface area (Å²) in [6.07, 6.45) is -0.123. The van der Waals surface area contributed by atoms with E-state index in [2.05, 4.69) is 6.92 Å². The van der Waals surface area contributed by atoms with Crippen molar-refractivity contribution in [3.05, 3.63) is 0 Å². The molecule has 0 radical (unpaired) electrons. The summed E-state index contributed by atoms with van der Waals surface area (Å²) in [5, 5.41) is 19.9. The molecule has 0 aliphatic carbocycles. The number of unbranched alkanes of at least 4 members (excludes halogenated alkanes) is 2. The van der Waals surface area contributed by atoms with Crippen molar-refractivity contribution in [2.45, 2.75) is 69.6 Å². The van der Waals surface area contributed by atoms with Crippen molar-refractivity contribution < 1.29 is 29.2 Å². The minimum Gasteiger partial charge on any atom is -0.387 e. The molecule has 0 spiro atoms. The maximum absolute atomic E-state index is 10.1. The Morgan fingerprint density at radius 1 is 1.16 bits per heavy atom. The van der Waals surface area contributed by atoms with Crippen LogP contribution in [0.25, 0.3) is 0 Å². The van der Waals surface area contributed by atoms with Gasteiger partial charge in [-0.3, -0.25) is 0 Å². The third-order valence-corrected chi connectivity index (χ3v) is 3.67. The Morgan fingerprint density at radius 3 is 2.63 bits per heavy atom. The van der Waals surface area contributed by atoms with Crippen LogP contribution >= 0.6 is 0 Å². The van der Waals surface area contributed by atoms with Crippen molar-refractivity contribution in [1.82, 2.24) is 0 Å². The molecule has 6 atom stereocenters. The Hall–Kier alpha value is -0.240. The van der Waals surface area contributed by atoms with Crippen molar-refractivity contribution in [1.29, 1.82) is 0 Å². The maximum atomic E-state index is 10.1. The second-order valence-electron chi connectivity index (χ2n) is 5.12. The number of hydrogen-bond donors (Lipinski definition) is 2. The molecule has 112 valence electrons. The van der Waals surface area contributed by atoms with Crippen LogP contribution in [0.2, 0.25) is 0 Å². The fourth-order valence-corrected chi connectivity index (χ4v) is 2.53. The average molecular weight is 276 g/mol. The van der Waals surface area contributed by atoms with E-state index in [-0.39, 0.29) is 6.29 Å². The van der Waals surface area contributed by atoms with Gasteiger partial charge in [0.2, 0.25) is 0 Å². The van der Waals surface area contributed by atoms with Crippen molar-refractivity contribution in [2.24, 2.45) is 0 Å². The molecular formula is C13H24O6. The third kappa shape index (κ3) is 3.45. The smallest absolute Gasteiger partial charge is 0.186 e. The molecule has 2 heterocycles. The maximum Gasteiger partial charge on any atom is 0.186 e. The Labute approximate surface area is 113 Å². The molecule has 0 aromatic carbocycles. The molecule has 2 aliphatic rings. The number of fused-ring (bicyclic) bond motifs is 1. The molecule has 2 N–H and O–H groups in total. The lowest BCUT2D eigenvalue weighted by Crippen LogP contribution is -2.63. The minimum atomic E-state index is -1.10. The molecule has 2 fully saturated rings. The second-order valence-corrected chi connectivity index (χ2v) is 5.12. The largest absolute Gasteiger partial charge is 0.387 e. The van der Waals surface area contributed by atoms with Crippen LogP contribution in [0.3, 0.4) is 0 Å². The Kier molecular flexibility index (Phi) is 5.56. The summed E-state index contributed by atoms with van der Waals surface area (Å²) < 4.78 is 21.8. The van der Waals surface area contributed by atoms with E-state index in [4.69, 9.17) is 18.9 Å². The van der Waals surface area contributed by atoms with Crippen LogP contribution in [0.15, 0.2) is 0 Å². The molecular weight excluding hydrogens is 252 g/mol. The first-order valence-electron chi connectivity index (χ1n) is 6.98. The number of ether oxygens (including phenoxy) is 4. The molecule has 2 rings (SSSR count). The van der Waals surface area contributed by atoms with Gasteiger partial charge in [-0.15, -0.1) is 0 Å². The molecule has 0 amide bonds. The van der Waals surface area contributed by atoms with Gasteiger partial charge in [-0.25, -0.2) is 0 Å². The Balaban J connectivity index is 1.88. The lowest BCUT2D eigenvalue weighted by molar-refractivity contribution is -0.356. The topological polar surface area (TPSA) is 77.4 Å². The molecule has 6 nitrogen and oxygen atoms in total. The van der Waals surface area contributed by atoms with E-state index < -0.39 is 30.7 Å². The Morgan fingerprint density at radius 2 is 1.95 bits per heavy atom. The summed E-state index contributed by atoms with van der Waals surface area (Å²) in [6, 6.07) is 0. The zero-order valence-corrected chi connectivity index (χ0v) is 11.5. The predicted molar refractivity (Wildman–Crippen MR) is 66.4 cm³/mol. The van der Waals surface area contributed by atoms with Crippen LogP contribution < -0.4 is 0 Å². The van der Waals surface area contributed by atoms with E-state index in [1.807, 2.05) is 0 Å². The summed E-state index contributed by atoms with van der Waals surface area (Å²) >= 11 is 0. The summed E-state index contributed by atoms with van der Waals surface area (Å²) in [4.78, 5) is 0. The first-order chi connectivity index (χ1) is 9.17. The highest BCUT2D eigenvalue weighted by Crippen LogP contribution is 2.29. The van der Waals surface area contributed by atoms with Crippen molar-refractivity contribution in [3.8, 4) is 0 Å². The quantitative estimate of drug-likeness (QED) is 0.708. The van der Waals surface area contributed by atoms with Gasteiger partial charge >= 0.3 is 0 Å². The van der Waals surface area contributed by atoms with Gasteiger partial charge in [0.15, 0.2) is 12.6 Å². The van der Waals surface area contributed by atoms with E-state index in [1.54, 1.807) is 0 Å². The molecule has 0 unspecified atom stereocenters. The van der Waals surface area contributed by atoms with Crippen molar-refractivity contribution in [3.63, 3.8) is 0 Å². The normalized spacial score (nSPS) is 42.9. The number of hydrogen-bond acceptors (Lipinski definition) is 6. The molecule has 0 saturated carbocycles. The van der Waals surface area contributed by atoms with Gasteiger partial charge in [0.05, 0.1) is 6.61 Å². The van der Waals surface area contributed by atoms with Crippen LogP contribution in [0, 0.1) is 0 Å². The van der Waals surface area contributed by atoms with Crippen LogP contribution in [-0.4, -0.2) is 60.9 Å². The zero-order chi connectivity index (χ0) is 13.8. The minimum absolute atomic E-state index is 0.322. The molecule has 2 saturated heterocycles. The highest BCUT2D eigenvalue weighted by atomic mass is 16.7. The van der Waals surface area contributed by atoms with Gasteiger partial charge < -0.3 is 29.2 Å². The zero-order valence-electron chi connectivity index (χ0n) is 11.5. The van der Waals surface area contributed by atoms with E-state index in [0.29, 0.717) is 6.61 Å².